The zero-order valence-corrected chi connectivity index (χ0v) is 13.2. The van der Waals surface area contributed by atoms with Crippen LogP contribution in [0.2, 0.25) is 5.02 Å². The number of rotatable bonds is 6. The number of sulfonamides is 1. The maximum absolute atomic E-state index is 11.4. The van der Waals surface area contributed by atoms with Crippen molar-refractivity contribution in [2.24, 2.45) is 5.14 Å². The van der Waals surface area contributed by atoms with Crippen LogP contribution in [0.25, 0.3) is 0 Å². The van der Waals surface area contributed by atoms with Gasteiger partial charge in [0.15, 0.2) is 0 Å². The topological polar surface area (TPSA) is 90.0 Å². The molecule has 1 aromatic carbocycles. The minimum absolute atomic E-state index is 0.0245. The molecule has 8 heteroatoms. The third-order valence-corrected chi connectivity index (χ3v) is 4.21. The minimum Gasteiger partial charge on any atom is -0.378 e. The fourth-order valence-corrected chi connectivity index (χ4v) is 2.65. The predicted molar refractivity (Wildman–Crippen MR) is 82.7 cm³/mol. The Morgan fingerprint density at radius 1 is 1.38 bits per heavy atom. The number of primary sulfonamides is 1. The number of hydrogen-bond acceptors (Lipinski definition) is 4. The Balaban J connectivity index is 2.18. The summed E-state index contributed by atoms with van der Waals surface area (Å²) in [4.78, 5) is 0.0245. The summed E-state index contributed by atoms with van der Waals surface area (Å²) in [5.41, 5.74) is 1.52. The van der Waals surface area contributed by atoms with Crippen molar-refractivity contribution in [3.05, 3.63) is 41.2 Å². The number of aryl methyl sites for hydroxylation is 1. The monoisotopic (exact) mass is 328 g/mol. The van der Waals surface area contributed by atoms with Gasteiger partial charge in [-0.3, -0.25) is 4.68 Å². The molecule has 0 atom stereocenters. The number of hydrogen-bond donors (Lipinski definition) is 2. The first-order chi connectivity index (χ1) is 9.91. The normalized spacial score (nSPS) is 11.6. The molecule has 2 aromatic rings. The SMILES string of the molecule is CCCn1nccc1CNc1cc(S(N)(=O)=O)ccc1Cl. The lowest BCUT2D eigenvalue weighted by Crippen LogP contribution is -2.13. The number of anilines is 1. The molecule has 1 aromatic heterocycles. The van der Waals surface area contributed by atoms with Gasteiger partial charge in [-0.25, -0.2) is 13.6 Å². The molecular formula is C13H17ClN4O2S. The third kappa shape index (κ3) is 3.96. The van der Waals surface area contributed by atoms with Crippen molar-refractivity contribution in [3.8, 4) is 0 Å². The van der Waals surface area contributed by atoms with Gasteiger partial charge in [-0.05, 0) is 30.7 Å². The third-order valence-electron chi connectivity index (χ3n) is 2.97. The second kappa shape index (κ2) is 6.46. The average Bonchev–Trinajstić information content (AvgIpc) is 2.84. The van der Waals surface area contributed by atoms with Gasteiger partial charge < -0.3 is 5.32 Å². The smallest absolute Gasteiger partial charge is 0.238 e. The van der Waals surface area contributed by atoms with E-state index in [0.29, 0.717) is 17.3 Å². The Labute approximate surface area is 129 Å². The Bertz CT molecular complexity index is 728. The van der Waals surface area contributed by atoms with Crippen LogP contribution >= 0.6 is 11.6 Å². The van der Waals surface area contributed by atoms with Crippen molar-refractivity contribution in [1.29, 1.82) is 0 Å². The van der Waals surface area contributed by atoms with Crippen LogP contribution < -0.4 is 10.5 Å². The standard InChI is InChI=1S/C13H17ClN4O2S/c1-2-7-18-10(5-6-17-18)9-16-13-8-11(21(15,19)20)3-4-12(13)14/h3-6,8,16H,2,7,9H2,1H3,(H2,15,19,20). The molecule has 1 heterocycles. The van der Waals surface area contributed by atoms with Gasteiger partial charge in [-0.15, -0.1) is 0 Å². The molecule has 2 rings (SSSR count). The van der Waals surface area contributed by atoms with E-state index < -0.39 is 10.0 Å². The molecule has 0 aliphatic rings. The number of benzene rings is 1. The van der Waals surface area contributed by atoms with Gasteiger partial charge in [0.05, 0.1) is 27.8 Å². The lowest BCUT2D eigenvalue weighted by Gasteiger charge is -2.11. The van der Waals surface area contributed by atoms with E-state index in [1.807, 2.05) is 10.7 Å². The maximum atomic E-state index is 11.4. The average molecular weight is 329 g/mol. The molecule has 114 valence electrons. The van der Waals surface area contributed by atoms with Gasteiger partial charge in [-0.1, -0.05) is 18.5 Å². The molecule has 0 amide bonds. The van der Waals surface area contributed by atoms with Crippen LogP contribution in [-0.4, -0.2) is 18.2 Å². The van der Waals surface area contributed by atoms with Crippen molar-refractivity contribution in [2.45, 2.75) is 31.3 Å². The molecule has 0 aliphatic heterocycles. The first-order valence-corrected chi connectivity index (χ1v) is 8.41. The van der Waals surface area contributed by atoms with E-state index in [9.17, 15) is 8.42 Å². The van der Waals surface area contributed by atoms with Crippen LogP contribution in [-0.2, 0) is 23.1 Å². The molecule has 0 bridgehead atoms. The van der Waals surface area contributed by atoms with Gasteiger partial charge in [0.25, 0.3) is 0 Å². The van der Waals surface area contributed by atoms with Crippen LogP contribution in [0.1, 0.15) is 19.0 Å². The van der Waals surface area contributed by atoms with E-state index in [1.165, 1.54) is 18.2 Å². The van der Waals surface area contributed by atoms with E-state index in [4.69, 9.17) is 16.7 Å². The van der Waals surface area contributed by atoms with Gasteiger partial charge in [0, 0.05) is 12.7 Å². The van der Waals surface area contributed by atoms with Crippen molar-refractivity contribution < 1.29 is 8.42 Å². The highest BCUT2D eigenvalue weighted by molar-refractivity contribution is 7.89. The fourth-order valence-electron chi connectivity index (χ4n) is 1.93. The van der Waals surface area contributed by atoms with E-state index >= 15 is 0 Å². The van der Waals surface area contributed by atoms with Crippen molar-refractivity contribution >= 4 is 27.3 Å². The van der Waals surface area contributed by atoms with E-state index in [1.54, 1.807) is 6.20 Å². The van der Waals surface area contributed by atoms with E-state index in [2.05, 4.69) is 17.3 Å². The summed E-state index contributed by atoms with van der Waals surface area (Å²) in [6, 6.07) is 6.22. The molecule has 3 N–H and O–H groups in total. The molecule has 0 radical (unpaired) electrons. The Kier molecular flexibility index (Phi) is 4.87. The minimum atomic E-state index is -3.75. The van der Waals surface area contributed by atoms with E-state index in [0.717, 1.165) is 18.7 Å². The molecule has 0 spiro atoms. The zero-order valence-electron chi connectivity index (χ0n) is 11.6. The maximum Gasteiger partial charge on any atom is 0.238 e. The highest BCUT2D eigenvalue weighted by atomic mass is 35.5. The quantitative estimate of drug-likeness (QED) is 0.850. The van der Waals surface area contributed by atoms with Gasteiger partial charge in [0.2, 0.25) is 10.0 Å². The summed E-state index contributed by atoms with van der Waals surface area (Å²) in [6.45, 7) is 3.40. The van der Waals surface area contributed by atoms with Crippen LogP contribution in [0.15, 0.2) is 35.4 Å². The number of nitrogens with one attached hydrogen (secondary N) is 1. The molecule has 0 unspecified atom stereocenters. The molecule has 0 aliphatic carbocycles. The summed E-state index contributed by atoms with van der Waals surface area (Å²) in [5.74, 6) is 0. The number of halogens is 1. The largest absolute Gasteiger partial charge is 0.378 e. The van der Waals surface area contributed by atoms with Crippen molar-refractivity contribution in [2.75, 3.05) is 5.32 Å². The summed E-state index contributed by atoms with van der Waals surface area (Å²) in [5, 5.41) is 12.9. The molecule has 0 saturated heterocycles. The summed E-state index contributed by atoms with van der Waals surface area (Å²) >= 11 is 6.07. The molecule has 0 saturated carbocycles. The van der Waals surface area contributed by atoms with Crippen molar-refractivity contribution in [3.63, 3.8) is 0 Å². The fraction of sp³-hybridized carbons (Fsp3) is 0.308. The van der Waals surface area contributed by atoms with Crippen LogP contribution in [0.5, 0.6) is 0 Å². The Morgan fingerprint density at radius 3 is 2.81 bits per heavy atom. The molecule has 6 nitrogen and oxygen atoms in total. The lowest BCUT2D eigenvalue weighted by atomic mass is 10.3. The predicted octanol–water partition coefficient (Wildman–Crippen LogP) is 2.21. The van der Waals surface area contributed by atoms with Crippen LogP contribution in [0.4, 0.5) is 5.69 Å². The second-order valence-electron chi connectivity index (χ2n) is 4.59. The van der Waals surface area contributed by atoms with Gasteiger partial charge in [-0.2, -0.15) is 5.10 Å². The molecule has 0 fully saturated rings. The number of aromatic nitrogens is 2. The van der Waals surface area contributed by atoms with Gasteiger partial charge in [0.1, 0.15) is 0 Å². The first-order valence-electron chi connectivity index (χ1n) is 6.48. The first kappa shape index (κ1) is 15.8. The highest BCUT2D eigenvalue weighted by Crippen LogP contribution is 2.25. The van der Waals surface area contributed by atoms with Crippen LogP contribution in [0.3, 0.4) is 0 Å². The molecular weight excluding hydrogens is 312 g/mol. The molecule has 21 heavy (non-hydrogen) atoms. The highest BCUT2D eigenvalue weighted by Gasteiger charge is 2.11. The zero-order chi connectivity index (χ0) is 15.5. The van der Waals surface area contributed by atoms with Crippen LogP contribution in [0, 0.1) is 0 Å². The number of nitrogens with two attached hydrogens (primary N) is 1. The lowest BCUT2D eigenvalue weighted by molar-refractivity contribution is 0.578. The Hall–Kier alpha value is -1.57. The number of nitrogens with zero attached hydrogens (tertiary/aromatic N) is 2. The summed E-state index contributed by atoms with van der Waals surface area (Å²) in [7, 11) is -3.75. The van der Waals surface area contributed by atoms with Gasteiger partial charge >= 0.3 is 0 Å². The van der Waals surface area contributed by atoms with E-state index in [-0.39, 0.29) is 4.90 Å². The summed E-state index contributed by atoms with van der Waals surface area (Å²) < 4.78 is 24.6. The summed E-state index contributed by atoms with van der Waals surface area (Å²) in [6.07, 6.45) is 2.71. The Morgan fingerprint density at radius 2 is 2.14 bits per heavy atom. The van der Waals surface area contributed by atoms with Crippen molar-refractivity contribution in [1.82, 2.24) is 9.78 Å². The second-order valence-corrected chi connectivity index (χ2v) is 6.55.